The first-order valence-electron chi connectivity index (χ1n) is 11.8. The summed E-state index contributed by atoms with van der Waals surface area (Å²) in [5.41, 5.74) is 5.22. The molecule has 0 aromatic heterocycles. The van der Waals surface area contributed by atoms with Crippen LogP contribution in [0.3, 0.4) is 0 Å². The molecule has 0 heterocycles. The number of carbonyl (C=O) groups is 1. The van der Waals surface area contributed by atoms with E-state index in [-0.39, 0.29) is 11.4 Å². The third-order valence-electron chi connectivity index (χ3n) is 6.00. The average Bonchev–Trinajstić information content (AvgIpc) is 2.86. The van der Waals surface area contributed by atoms with Crippen molar-refractivity contribution in [3.05, 3.63) is 131 Å². The third kappa shape index (κ3) is 5.83. The molecule has 0 spiro atoms. The Labute approximate surface area is 213 Å². The lowest BCUT2D eigenvalue weighted by atomic mass is 9.97. The molecule has 36 heavy (non-hydrogen) atoms. The minimum Gasteiger partial charge on any atom is -0.344 e. The van der Waals surface area contributed by atoms with E-state index in [0.717, 1.165) is 27.8 Å². The maximum Gasteiger partial charge on any atom is 0.264 e. The van der Waals surface area contributed by atoms with Crippen LogP contribution in [0.5, 0.6) is 0 Å². The number of hydrogen-bond acceptors (Lipinski definition) is 3. The first-order chi connectivity index (χ1) is 17.2. The highest BCUT2D eigenvalue weighted by Crippen LogP contribution is 2.26. The molecular weight excluding hydrogens is 468 g/mol. The van der Waals surface area contributed by atoms with Crippen LogP contribution >= 0.6 is 0 Å². The van der Waals surface area contributed by atoms with Crippen LogP contribution < -0.4 is 9.62 Å². The van der Waals surface area contributed by atoms with Gasteiger partial charge in [-0.1, -0.05) is 90.0 Å². The molecule has 0 radical (unpaired) electrons. The van der Waals surface area contributed by atoms with E-state index < -0.39 is 22.0 Å². The van der Waals surface area contributed by atoms with Gasteiger partial charge in [0.05, 0.1) is 16.6 Å². The van der Waals surface area contributed by atoms with Crippen LogP contribution in [0.1, 0.15) is 33.9 Å². The Kier molecular flexibility index (Phi) is 7.55. The molecule has 0 saturated heterocycles. The van der Waals surface area contributed by atoms with Crippen LogP contribution in [0.2, 0.25) is 0 Å². The maximum absolute atomic E-state index is 13.7. The Bertz CT molecular complexity index is 1450. The Hall–Kier alpha value is -3.90. The second kappa shape index (κ2) is 10.8. The van der Waals surface area contributed by atoms with E-state index >= 15 is 0 Å². The zero-order valence-corrected chi connectivity index (χ0v) is 21.5. The number of nitrogens with zero attached hydrogens (tertiary/aromatic N) is 1. The van der Waals surface area contributed by atoms with E-state index in [2.05, 4.69) is 5.32 Å². The van der Waals surface area contributed by atoms with Crippen LogP contribution in [0.4, 0.5) is 5.69 Å². The van der Waals surface area contributed by atoms with E-state index in [1.807, 2.05) is 81.4 Å². The molecule has 1 amide bonds. The number of hydrogen-bond donors (Lipinski definition) is 1. The Morgan fingerprint density at radius 3 is 1.97 bits per heavy atom. The largest absolute Gasteiger partial charge is 0.344 e. The van der Waals surface area contributed by atoms with E-state index in [4.69, 9.17) is 0 Å². The fraction of sp³-hybridized carbons (Fsp3) is 0.167. The number of sulfonamides is 1. The number of anilines is 1. The zero-order valence-electron chi connectivity index (χ0n) is 20.7. The minimum absolute atomic E-state index is 0.140. The van der Waals surface area contributed by atoms with Gasteiger partial charge in [0.25, 0.3) is 10.0 Å². The van der Waals surface area contributed by atoms with Gasteiger partial charge in [-0.15, -0.1) is 0 Å². The lowest BCUT2D eigenvalue weighted by Gasteiger charge is -2.26. The van der Waals surface area contributed by atoms with Gasteiger partial charge in [-0.05, 0) is 61.7 Å². The summed E-state index contributed by atoms with van der Waals surface area (Å²) in [6, 6.07) is 31.0. The van der Waals surface area contributed by atoms with Gasteiger partial charge in [-0.25, -0.2) is 8.42 Å². The Morgan fingerprint density at radius 1 is 0.722 bits per heavy atom. The molecule has 0 aliphatic carbocycles. The molecule has 1 N–H and O–H groups in total. The van der Waals surface area contributed by atoms with Crippen molar-refractivity contribution in [2.24, 2.45) is 0 Å². The summed E-state index contributed by atoms with van der Waals surface area (Å²) in [7, 11) is -3.98. The third-order valence-corrected chi connectivity index (χ3v) is 7.79. The van der Waals surface area contributed by atoms with Crippen molar-refractivity contribution in [3.63, 3.8) is 0 Å². The standard InChI is InChI=1S/C30H30N2O3S/c1-22-15-17-28(18-16-22)36(34,35)32(27-14-8-10-24(3)20-27)21-29(33)31-30(25-11-5-4-6-12-25)26-13-7-9-23(2)19-26/h4-20,30H,21H2,1-3H3,(H,31,33). The monoisotopic (exact) mass is 498 g/mol. The second-order valence-electron chi connectivity index (χ2n) is 8.99. The van der Waals surface area contributed by atoms with Gasteiger partial charge < -0.3 is 5.32 Å². The molecule has 0 saturated carbocycles. The van der Waals surface area contributed by atoms with Crippen LogP contribution in [0.25, 0.3) is 0 Å². The summed E-state index contributed by atoms with van der Waals surface area (Å²) in [6.45, 7) is 5.44. The molecule has 5 nitrogen and oxygen atoms in total. The molecule has 184 valence electrons. The van der Waals surface area contributed by atoms with E-state index in [1.54, 1.807) is 42.5 Å². The first-order valence-corrected chi connectivity index (χ1v) is 13.2. The number of amides is 1. The molecular formula is C30H30N2O3S. The van der Waals surface area contributed by atoms with Crippen LogP contribution in [0.15, 0.2) is 108 Å². The highest BCUT2D eigenvalue weighted by atomic mass is 32.2. The maximum atomic E-state index is 13.7. The number of carbonyl (C=O) groups excluding carboxylic acids is 1. The number of rotatable bonds is 8. The summed E-state index contributed by atoms with van der Waals surface area (Å²) in [4.78, 5) is 13.6. The molecule has 1 unspecified atom stereocenters. The van der Waals surface area contributed by atoms with E-state index in [9.17, 15) is 13.2 Å². The number of benzene rings is 4. The first kappa shape index (κ1) is 25.2. The summed E-state index contributed by atoms with van der Waals surface area (Å²) in [5, 5.41) is 3.08. The normalized spacial score (nSPS) is 12.1. The fourth-order valence-electron chi connectivity index (χ4n) is 4.13. The van der Waals surface area contributed by atoms with Gasteiger partial charge in [0.1, 0.15) is 6.54 Å². The molecule has 1 atom stereocenters. The molecule has 4 rings (SSSR count). The summed E-state index contributed by atoms with van der Waals surface area (Å²) in [5.74, 6) is -0.400. The van der Waals surface area contributed by atoms with E-state index in [1.165, 1.54) is 4.31 Å². The zero-order chi connectivity index (χ0) is 25.7. The fourth-order valence-corrected chi connectivity index (χ4v) is 5.54. The second-order valence-corrected chi connectivity index (χ2v) is 10.9. The van der Waals surface area contributed by atoms with Crippen molar-refractivity contribution in [2.45, 2.75) is 31.7 Å². The lowest BCUT2D eigenvalue weighted by Crippen LogP contribution is -2.42. The van der Waals surface area contributed by atoms with Gasteiger partial charge in [0.2, 0.25) is 5.91 Å². The van der Waals surface area contributed by atoms with Crippen molar-refractivity contribution in [1.29, 1.82) is 0 Å². The molecule has 4 aromatic rings. The predicted molar refractivity (Wildman–Crippen MR) is 144 cm³/mol. The van der Waals surface area contributed by atoms with Crippen molar-refractivity contribution in [2.75, 3.05) is 10.8 Å². The van der Waals surface area contributed by atoms with Crippen LogP contribution in [-0.2, 0) is 14.8 Å². The Balaban J connectivity index is 1.69. The summed E-state index contributed by atoms with van der Waals surface area (Å²) < 4.78 is 28.6. The molecule has 4 aromatic carbocycles. The SMILES string of the molecule is Cc1ccc(S(=O)(=O)N(CC(=O)NC(c2ccccc2)c2cccc(C)c2)c2cccc(C)c2)cc1. The van der Waals surface area contributed by atoms with E-state index in [0.29, 0.717) is 5.69 Å². The number of aryl methyl sites for hydroxylation is 3. The van der Waals surface area contributed by atoms with Gasteiger partial charge >= 0.3 is 0 Å². The van der Waals surface area contributed by atoms with Crippen molar-refractivity contribution in [1.82, 2.24) is 5.32 Å². The molecule has 0 fully saturated rings. The highest BCUT2D eigenvalue weighted by molar-refractivity contribution is 7.92. The van der Waals surface area contributed by atoms with Crippen molar-refractivity contribution in [3.8, 4) is 0 Å². The minimum atomic E-state index is -3.98. The van der Waals surface area contributed by atoms with Gasteiger partial charge in [0.15, 0.2) is 0 Å². The van der Waals surface area contributed by atoms with Gasteiger partial charge in [-0.2, -0.15) is 0 Å². The lowest BCUT2D eigenvalue weighted by molar-refractivity contribution is -0.120. The quantitative estimate of drug-likeness (QED) is 0.338. The van der Waals surface area contributed by atoms with Crippen LogP contribution in [-0.4, -0.2) is 20.9 Å². The predicted octanol–water partition coefficient (Wildman–Crippen LogP) is 5.71. The van der Waals surface area contributed by atoms with Crippen molar-refractivity contribution >= 4 is 21.6 Å². The smallest absolute Gasteiger partial charge is 0.264 e. The average molecular weight is 499 g/mol. The van der Waals surface area contributed by atoms with Crippen molar-refractivity contribution < 1.29 is 13.2 Å². The summed E-state index contributed by atoms with van der Waals surface area (Å²) in [6.07, 6.45) is 0. The number of nitrogens with one attached hydrogen (secondary N) is 1. The molecule has 0 aliphatic heterocycles. The summed E-state index contributed by atoms with van der Waals surface area (Å²) >= 11 is 0. The molecule has 6 heteroatoms. The highest BCUT2D eigenvalue weighted by Gasteiger charge is 2.28. The van der Waals surface area contributed by atoms with Gasteiger partial charge in [-0.3, -0.25) is 9.10 Å². The van der Waals surface area contributed by atoms with Crippen LogP contribution in [0, 0.1) is 20.8 Å². The molecule has 0 bridgehead atoms. The molecule has 0 aliphatic rings. The topological polar surface area (TPSA) is 66.5 Å². The van der Waals surface area contributed by atoms with Gasteiger partial charge in [0, 0.05) is 0 Å². The Morgan fingerprint density at radius 2 is 1.33 bits per heavy atom.